The highest BCUT2D eigenvalue weighted by Gasteiger charge is 2.18. The third-order valence-electron chi connectivity index (χ3n) is 5.40. The van der Waals surface area contributed by atoms with Crippen LogP contribution < -0.4 is 24.7 Å². The van der Waals surface area contributed by atoms with Crippen molar-refractivity contribution in [1.82, 2.24) is 4.98 Å². The number of sulfonamides is 1. The molecular formula is C26H25N3O7S. The van der Waals surface area contributed by atoms with Gasteiger partial charge in [0.2, 0.25) is 0 Å². The maximum Gasteiger partial charge on any atom is 0.320 e. The third kappa shape index (κ3) is 6.08. The Morgan fingerprint density at radius 2 is 1.73 bits per heavy atom. The number of pyridine rings is 1. The van der Waals surface area contributed by atoms with E-state index in [-0.39, 0.29) is 29.4 Å². The predicted molar refractivity (Wildman–Crippen MR) is 138 cm³/mol. The molecule has 0 radical (unpaired) electrons. The van der Waals surface area contributed by atoms with E-state index in [0.717, 1.165) is 0 Å². The Morgan fingerprint density at radius 3 is 2.46 bits per heavy atom. The van der Waals surface area contributed by atoms with Crippen LogP contribution >= 0.6 is 0 Å². The molecule has 0 saturated carbocycles. The molecule has 11 heteroatoms. The lowest BCUT2D eigenvalue weighted by atomic mass is 10.1. The number of nitrogens with two attached hydrogens (primary N) is 1. The van der Waals surface area contributed by atoms with Gasteiger partial charge in [0.1, 0.15) is 11.8 Å². The molecule has 37 heavy (non-hydrogen) atoms. The molecule has 0 aliphatic heterocycles. The highest BCUT2D eigenvalue weighted by Crippen LogP contribution is 2.39. The molecule has 4 aromatic rings. The molecule has 192 valence electrons. The van der Waals surface area contributed by atoms with Gasteiger partial charge in [-0.25, -0.2) is 8.42 Å². The summed E-state index contributed by atoms with van der Waals surface area (Å²) in [4.78, 5) is 15.4. The van der Waals surface area contributed by atoms with E-state index in [4.69, 9.17) is 25.1 Å². The van der Waals surface area contributed by atoms with Gasteiger partial charge in [0.25, 0.3) is 10.0 Å². The van der Waals surface area contributed by atoms with Crippen molar-refractivity contribution < 1.29 is 32.5 Å². The van der Waals surface area contributed by atoms with E-state index in [9.17, 15) is 13.2 Å². The number of hydrogen-bond donors (Lipinski definition) is 3. The molecule has 0 saturated heterocycles. The molecule has 0 aliphatic rings. The number of rotatable bonds is 11. The Kier molecular flexibility index (Phi) is 7.75. The summed E-state index contributed by atoms with van der Waals surface area (Å²) in [7, 11) is -2.36. The van der Waals surface area contributed by atoms with Gasteiger partial charge in [-0.05, 0) is 36.4 Å². The second-order valence-electron chi connectivity index (χ2n) is 7.93. The van der Waals surface area contributed by atoms with Crippen LogP contribution in [-0.2, 0) is 14.8 Å². The summed E-state index contributed by atoms with van der Waals surface area (Å²) in [6, 6.07) is 18.7. The Labute approximate surface area is 213 Å². The lowest BCUT2D eigenvalue weighted by Crippen LogP contribution is -2.31. The quantitative estimate of drug-likeness (QED) is 0.265. The van der Waals surface area contributed by atoms with Crippen LogP contribution in [0.1, 0.15) is 6.42 Å². The van der Waals surface area contributed by atoms with E-state index in [1.54, 1.807) is 66.9 Å². The summed E-state index contributed by atoms with van der Waals surface area (Å²) in [5, 5.41) is 9.54. The summed E-state index contributed by atoms with van der Waals surface area (Å²) in [6.45, 7) is 0.0699. The second-order valence-corrected chi connectivity index (χ2v) is 9.61. The van der Waals surface area contributed by atoms with Crippen LogP contribution in [0.5, 0.6) is 23.0 Å². The number of hydrogen-bond acceptors (Lipinski definition) is 8. The van der Waals surface area contributed by atoms with E-state index in [1.165, 1.54) is 19.2 Å². The number of para-hydroxylation sites is 2. The number of aromatic nitrogens is 1. The molecular weight excluding hydrogens is 498 g/mol. The topological polar surface area (TPSA) is 150 Å². The molecule has 0 amide bonds. The third-order valence-corrected chi connectivity index (χ3v) is 6.78. The van der Waals surface area contributed by atoms with Crippen molar-refractivity contribution in [3.05, 3.63) is 79.0 Å². The number of nitrogens with one attached hydrogen (secondary N) is 1. The standard InChI is InChI=1S/C26H25N3O7S/c1-34-24-15-18-21(16-25(24)35-14-12-19(27)26(30)31)28-13-11-22(18)36-23-10-6-5-9-20(23)29-37(32,33)17-7-3-2-4-8-17/h2-11,13,15-16,19,29H,12,14,27H2,1H3,(H,30,31). The number of methoxy groups -OCH3 is 1. The molecule has 1 unspecified atom stereocenters. The number of fused-ring (bicyclic) bond motifs is 1. The van der Waals surface area contributed by atoms with Crippen molar-refractivity contribution in [2.75, 3.05) is 18.4 Å². The second kappa shape index (κ2) is 11.1. The van der Waals surface area contributed by atoms with Crippen molar-refractivity contribution >= 4 is 32.6 Å². The van der Waals surface area contributed by atoms with Crippen molar-refractivity contribution in [3.63, 3.8) is 0 Å². The zero-order valence-corrected chi connectivity index (χ0v) is 20.6. The number of ether oxygens (including phenoxy) is 3. The molecule has 0 aliphatic carbocycles. The van der Waals surface area contributed by atoms with E-state index < -0.39 is 22.0 Å². The molecule has 4 N–H and O–H groups in total. The summed E-state index contributed by atoms with van der Waals surface area (Å²) >= 11 is 0. The molecule has 1 heterocycles. The number of nitrogens with zero attached hydrogens (tertiary/aromatic N) is 1. The maximum atomic E-state index is 12.9. The minimum absolute atomic E-state index is 0.0699. The Hall–Kier alpha value is -4.35. The van der Waals surface area contributed by atoms with Crippen molar-refractivity contribution in [2.24, 2.45) is 5.73 Å². The predicted octanol–water partition coefficient (Wildman–Crippen LogP) is 4.02. The zero-order valence-electron chi connectivity index (χ0n) is 19.8. The highest BCUT2D eigenvalue weighted by molar-refractivity contribution is 7.92. The van der Waals surface area contributed by atoms with Crippen molar-refractivity contribution in [1.29, 1.82) is 0 Å². The first-order chi connectivity index (χ1) is 17.8. The van der Waals surface area contributed by atoms with Gasteiger partial charge >= 0.3 is 5.97 Å². The van der Waals surface area contributed by atoms with Gasteiger partial charge in [0.05, 0.1) is 29.8 Å². The molecule has 3 aromatic carbocycles. The van der Waals surface area contributed by atoms with Gasteiger partial charge in [-0.3, -0.25) is 14.5 Å². The van der Waals surface area contributed by atoms with Crippen LogP contribution in [-0.4, -0.2) is 44.2 Å². The fraction of sp³-hybridized carbons (Fsp3) is 0.154. The van der Waals surface area contributed by atoms with Gasteiger partial charge in [-0.2, -0.15) is 0 Å². The van der Waals surface area contributed by atoms with Crippen LogP contribution in [0.4, 0.5) is 5.69 Å². The molecule has 1 atom stereocenters. The largest absolute Gasteiger partial charge is 0.493 e. The van der Waals surface area contributed by atoms with Crippen LogP contribution in [0.25, 0.3) is 10.9 Å². The average molecular weight is 524 g/mol. The molecule has 0 fully saturated rings. The smallest absolute Gasteiger partial charge is 0.320 e. The number of benzene rings is 3. The highest BCUT2D eigenvalue weighted by atomic mass is 32.2. The van der Waals surface area contributed by atoms with Gasteiger partial charge < -0.3 is 25.1 Å². The first-order valence-corrected chi connectivity index (χ1v) is 12.7. The molecule has 10 nitrogen and oxygen atoms in total. The van der Waals surface area contributed by atoms with E-state index >= 15 is 0 Å². The first kappa shape index (κ1) is 25.7. The lowest BCUT2D eigenvalue weighted by molar-refractivity contribution is -0.138. The Balaban J connectivity index is 1.62. The lowest BCUT2D eigenvalue weighted by Gasteiger charge is -2.16. The Morgan fingerprint density at radius 1 is 1.00 bits per heavy atom. The average Bonchev–Trinajstić information content (AvgIpc) is 2.89. The summed E-state index contributed by atoms with van der Waals surface area (Å²) in [5.41, 5.74) is 6.32. The minimum Gasteiger partial charge on any atom is -0.493 e. The monoisotopic (exact) mass is 523 g/mol. The number of carboxylic acid groups (broad SMARTS) is 1. The summed E-state index contributed by atoms with van der Waals surface area (Å²) in [6.07, 6.45) is 1.66. The van der Waals surface area contributed by atoms with Crippen LogP contribution in [0.15, 0.2) is 83.9 Å². The molecule has 0 spiro atoms. The summed E-state index contributed by atoms with van der Waals surface area (Å²) in [5.74, 6) is 0.343. The van der Waals surface area contributed by atoms with Gasteiger partial charge in [0.15, 0.2) is 17.2 Å². The van der Waals surface area contributed by atoms with E-state index in [0.29, 0.717) is 28.2 Å². The van der Waals surface area contributed by atoms with Gasteiger partial charge in [0, 0.05) is 24.1 Å². The fourth-order valence-electron chi connectivity index (χ4n) is 3.47. The van der Waals surface area contributed by atoms with E-state index in [1.807, 2.05) is 0 Å². The number of carbonyl (C=O) groups is 1. The van der Waals surface area contributed by atoms with Crippen LogP contribution in [0, 0.1) is 0 Å². The number of anilines is 1. The molecule has 1 aromatic heterocycles. The van der Waals surface area contributed by atoms with Crippen molar-refractivity contribution in [2.45, 2.75) is 17.4 Å². The van der Waals surface area contributed by atoms with Crippen LogP contribution in [0.2, 0.25) is 0 Å². The van der Waals surface area contributed by atoms with Crippen molar-refractivity contribution in [3.8, 4) is 23.0 Å². The minimum atomic E-state index is -3.83. The van der Waals surface area contributed by atoms with E-state index in [2.05, 4.69) is 9.71 Å². The number of carboxylic acids is 1. The number of aliphatic carboxylic acids is 1. The van der Waals surface area contributed by atoms with Crippen LogP contribution in [0.3, 0.4) is 0 Å². The Bertz CT molecular complexity index is 1510. The fourth-order valence-corrected chi connectivity index (χ4v) is 4.56. The summed E-state index contributed by atoms with van der Waals surface area (Å²) < 4.78 is 45.6. The normalized spacial score (nSPS) is 12.1. The maximum absolute atomic E-state index is 12.9. The SMILES string of the molecule is COc1cc2c(Oc3ccccc3NS(=O)(=O)c3ccccc3)ccnc2cc1OCCC(N)C(=O)O. The van der Waals surface area contributed by atoms with Gasteiger partial charge in [-0.1, -0.05) is 30.3 Å². The zero-order chi connectivity index (χ0) is 26.4. The molecule has 0 bridgehead atoms. The first-order valence-electron chi connectivity index (χ1n) is 11.2. The van der Waals surface area contributed by atoms with Gasteiger partial charge in [-0.15, -0.1) is 0 Å². The molecule has 4 rings (SSSR count).